The molecule has 12 heavy (non-hydrogen) atoms. The van der Waals surface area contributed by atoms with Crippen molar-refractivity contribution in [2.75, 3.05) is 26.3 Å². The first-order valence-electron chi connectivity index (χ1n) is 3.50. The van der Waals surface area contributed by atoms with Crippen molar-refractivity contribution >= 4 is 0 Å². The molecule has 0 unspecified atom stereocenters. The predicted molar refractivity (Wildman–Crippen MR) is 38.0 cm³/mol. The summed E-state index contributed by atoms with van der Waals surface area (Å²) in [7, 11) is 0. The number of aliphatic hydroxyl groups excluding tert-OH is 3. The number of halogens is 2. The van der Waals surface area contributed by atoms with Crippen LogP contribution in [0, 0.1) is 0 Å². The molecule has 0 aromatic heterocycles. The first-order valence-corrected chi connectivity index (χ1v) is 3.50. The van der Waals surface area contributed by atoms with Gasteiger partial charge in [0.05, 0.1) is 19.3 Å². The fourth-order valence-electron chi connectivity index (χ4n) is 0.542. The second-order valence-electron chi connectivity index (χ2n) is 2.48. The number of nitrogens with one attached hydrogen (secondary N) is 1. The lowest BCUT2D eigenvalue weighted by Gasteiger charge is -2.15. The van der Waals surface area contributed by atoms with Crippen molar-refractivity contribution in [3.05, 3.63) is 0 Å². The van der Waals surface area contributed by atoms with Gasteiger partial charge in [-0.15, -0.1) is 0 Å². The van der Waals surface area contributed by atoms with E-state index in [1.165, 1.54) is 0 Å². The van der Waals surface area contributed by atoms with Crippen molar-refractivity contribution < 1.29 is 24.1 Å². The molecule has 0 aliphatic carbocycles. The largest absolute Gasteiger partial charge is 0.394 e. The van der Waals surface area contributed by atoms with Gasteiger partial charge in [-0.2, -0.15) is 0 Å². The molecule has 0 amide bonds. The normalized spacial score (nSPS) is 14.8. The number of hydrogen-bond donors (Lipinski definition) is 4. The third-order valence-electron chi connectivity index (χ3n) is 1.21. The summed E-state index contributed by atoms with van der Waals surface area (Å²) in [5, 5.41) is 27.3. The fraction of sp³-hybridized carbons (Fsp3) is 1.00. The number of alkyl halides is 2. The Labute approximate surface area is 68.8 Å². The lowest BCUT2D eigenvalue weighted by molar-refractivity contribution is -0.0495. The Morgan fingerprint density at radius 1 is 1.33 bits per heavy atom. The van der Waals surface area contributed by atoms with Crippen LogP contribution in [0.25, 0.3) is 0 Å². The summed E-state index contributed by atoms with van der Waals surface area (Å²) in [5.74, 6) is -3.17. The second kappa shape index (κ2) is 5.36. The molecule has 0 spiro atoms. The first-order chi connectivity index (χ1) is 5.52. The van der Waals surface area contributed by atoms with Crippen molar-refractivity contribution in [1.29, 1.82) is 0 Å². The van der Waals surface area contributed by atoms with Crippen LogP contribution in [0.4, 0.5) is 8.78 Å². The third-order valence-corrected chi connectivity index (χ3v) is 1.21. The van der Waals surface area contributed by atoms with Gasteiger partial charge in [0, 0.05) is 6.54 Å². The number of rotatable bonds is 6. The zero-order valence-corrected chi connectivity index (χ0v) is 6.50. The summed E-state index contributed by atoms with van der Waals surface area (Å²) in [6, 6.07) is 0. The minimum Gasteiger partial charge on any atom is -0.394 e. The van der Waals surface area contributed by atoms with Crippen LogP contribution >= 0.6 is 0 Å². The van der Waals surface area contributed by atoms with Crippen molar-refractivity contribution in [1.82, 2.24) is 5.32 Å². The average molecular weight is 185 g/mol. The van der Waals surface area contributed by atoms with Crippen LogP contribution in [0.5, 0.6) is 0 Å². The van der Waals surface area contributed by atoms with Gasteiger partial charge < -0.3 is 20.6 Å². The van der Waals surface area contributed by atoms with Crippen molar-refractivity contribution in [3.63, 3.8) is 0 Å². The lowest BCUT2D eigenvalue weighted by atomic mass is 10.3. The van der Waals surface area contributed by atoms with Gasteiger partial charge in [0.2, 0.25) is 0 Å². The van der Waals surface area contributed by atoms with Crippen LogP contribution in [0.2, 0.25) is 0 Å². The SMILES string of the molecule is OC[C@@H](O)CNCC(F)(F)CO. The van der Waals surface area contributed by atoms with E-state index in [0.29, 0.717) is 0 Å². The van der Waals surface area contributed by atoms with Gasteiger partial charge in [0.15, 0.2) is 0 Å². The van der Waals surface area contributed by atoms with Crippen LogP contribution in [-0.4, -0.2) is 53.6 Å². The second-order valence-corrected chi connectivity index (χ2v) is 2.48. The highest BCUT2D eigenvalue weighted by atomic mass is 19.3. The summed E-state index contributed by atoms with van der Waals surface area (Å²) in [6.45, 7) is -2.53. The molecule has 74 valence electrons. The molecule has 1 atom stereocenters. The molecule has 4 nitrogen and oxygen atoms in total. The van der Waals surface area contributed by atoms with Gasteiger partial charge >= 0.3 is 0 Å². The molecule has 0 radical (unpaired) electrons. The summed E-state index contributed by atoms with van der Waals surface area (Å²) < 4.78 is 24.5. The van der Waals surface area contributed by atoms with E-state index in [-0.39, 0.29) is 6.54 Å². The Hall–Kier alpha value is -0.300. The molecule has 0 saturated heterocycles. The van der Waals surface area contributed by atoms with E-state index in [1.807, 2.05) is 0 Å². The first kappa shape index (κ1) is 11.7. The molecular formula is C6H13F2NO3. The lowest BCUT2D eigenvalue weighted by Crippen LogP contribution is -2.40. The molecule has 0 aliphatic rings. The molecule has 0 fully saturated rings. The van der Waals surface area contributed by atoms with Crippen LogP contribution in [-0.2, 0) is 0 Å². The molecule has 0 heterocycles. The smallest absolute Gasteiger partial charge is 0.282 e. The van der Waals surface area contributed by atoms with Crippen molar-refractivity contribution in [2.45, 2.75) is 12.0 Å². The molecule has 0 saturated carbocycles. The topological polar surface area (TPSA) is 72.7 Å². The molecule has 4 N–H and O–H groups in total. The van der Waals surface area contributed by atoms with E-state index in [2.05, 4.69) is 5.32 Å². The highest BCUT2D eigenvalue weighted by Gasteiger charge is 2.26. The minimum atomic E-state index is -3.17. The summed E-state index contributed by atoms with van der Waals surface area (Å²) in [4.78, 5) is 0. The number of hydrogen-bond acceptors (Lipinski definition) is 4. The van der Waals surface area contributed by atoms with E-state index in [9.17, 15) is 8.78 Å². The van der Waals surface area contributed by atoms with Crippen LogP contribution in [0.3, 0.4) is 0 Å². The number of aliphatic hydroxyl groups is 3. The summed E-state index contributed by atoms with van der Waals surface area (Å²) in [6.07, 6.45) is -1.04. The Morgan fingerprint density at radius 2 is 1.92 bits per heavy atom. The quantitative estimate of drug-likeness (QED) is 0.409. The molecule has 0 aliphatic heterocycles. The van der Waals surface area contributed by atoms with Gasteiger partial charge in [-0.25, -0.2) is 8.78 Å². The van der Waals surface area contributed by atoms with E-state index >= 15 is 0 Å². The average Bonchev–Trinajstić information content (AvgIpc) is 2.04. The molecule has 0 aromatic rings. The van der Waals surface area contributed by atoms with Crippen molar-refractivity contribution in [3.8, 4) is 0 Å². The molecule has 0 bridgehead atoms. The van der Waals surface area contributed by atoms with Crippen LogP contribution in [0.1, 0.15) is 0 Å². The molecular weight excluding hydrogens is 172 g/mol. The van der Waals surface area contributed by atoms with Crippen molar-refractivity contribution in [2.24, 2.45) is 0 Å². The Morgan fingerprint density at radius 3 is 2.33 bits per heavy atom. The van der Waals surface area contributed by atoms with Gasteiger partial charge in [-0.1, -0.05) is 0 Å². The standard InChI is InChI=1S/C6H13F2NO3/c7-6(8,4-11)3-9-1-5(12)2-10/h5,9-12H,1-4H2/t5-/m0/s1. The van der Waals surface area contributed by atoms with Gasteiger partial charge in [-0.3, -0.25) is 0 Å². The van der Waals surface area contributed by atoms with Gasteiger partial charge in [0.25, 0.3) is 5.92 Å². The molecule has 6 heteroatoms. The highest BCUT2D eigenvalue weighted by Crippen LogP contribution is 2.09. The highest BCUT2D eigenvalue weighted by molar-refractivity contribution is 4.69. The van der Waals surface area contributed by atoms with E-state index in [0.717, 1.165) is 0 Å². The maximum Gasteiger partial charge on any atom is 0.282 e. The zero-order valence-electron chi connectivity index (χ0n) is 6.50. The minimum absolute atomic E-state index is 0.119. The molecule has 0 aromatic carbocycles. The third kappa shape index (κ3) is 5.36. The Balaban J connectivity index is 3.42. The predicted octanol–water partition coefficient (Wildman–Crippen LogP) is -1.44. The van der Waals surface area contributed by atoms with E-state index < -0.39 is 31.8 Å². The molecule has 0 rings (SSSR count). The van der Waals surface area contributed by atoms with Crippen LogP contribution < -0.4 is 5.32 Å². The maximum absolute atomic E-state index is 12.3. The summed E-state index contributed by atoms with van der Waals surface area (Å²) in [5.41, 5.74) is 0. The Bertz CT molecular complexity index is 123. The zero-order chi connectivity index (χ0) is 9.61. The monoisotopic (exact) mass is 185 g/mol. The van der Waals surface area contributed by atoms with Gasteiger partial charge in [0.1, 0.15) is 6.61 Å². The summed E-state index contributed by atoms with van der Waals surface area (Å²) >= 11 is 0. The van der Waals surface area contributed by atoms with E-state index in [4.69, 9.17) is 15.3 Å². The Kier molecular flexibility index (Phi) is 5.23. The van der Waals surface area contributed by atoms with E-state index in [1.54, 1.807) is 0 Å². The van der Waals surface area contributed by atoms with Gasteiger partial charge in [-0.05, 0) is 0 Å². The maximum atomic E-state index is 12.3. The van der Waals surface area contributed by atoms with Crippen LogP contribution in [0.15, 0.2) is 0 Å². The fourth-order valence-corrected chi connectivity index (χ4v) is 0.542.